The Morgan fingerprint density at radius 2 is 2.08 bits per heavy atom. The molecule has 0 radical (unpaired) electrons. The molecule has 2 aromatic heterocycles. The molecule has 1 N–H and O–H groups in total. The first-order valence-electron chi connectivity index (χ1n) is 7.12. The minimum atomic E-state index is -0.837. The molecule has 0 aliphatic heterocycles. The summed E-state index contributed by atoms with van der Waals surface area (Å²) in [4.78, 5) is 12.2. The molecule has 3 rings (SSSR count). The van der Waals surface area contributed by atoms with Gasteiger partial charge in [-0.05, 0) is 32.0 Å². The van der Waals surface area contributed by atoms with Crippen LogP contribution in [0.25, 0.3) is 11.5 Å². The number of benzene rings is 1. The third-order valence-electron chi connectivity index (χ3n) is 3.24. The van der Waals surface area contributed by atoms with Crippen LogP contribution in [0.2, 0.25) is 0 Å². The summed E-state index contributed by atoms with van der Waals surface area (Å²) in [5, 5.41) is 13.9. The summed E-state index contributed by atoms with van der Waals surface area (Å²) in [6, 6.07) is 4.39. The number of rotatable bonds is 4. The molecule has 0 atom stereocenters. The molecule has 3 aromatic rings. The highest BCUT2D eigenvalue weighted by Crippen LogP contribution is 2.23. The lowest BCUT2D eigenvalue weighted by atomic mass is 10.2. The molecule has 0 bridgehead atoms. The van der Waals surface area contributed by atoms with E-state index in [-0.39, 0.29) is 17.5 Å². The van der Waals surface area contributed by atoms with E-state index in [9.17, 15) is 13.6 Å². The minimum absolute atomic E-state index is 0.0566. The van der Waals surface area contributed by atoms with Crippen LogP contribution in [0.15, 0.2) is 28.7 Å². The van der Waals surface area contributed by atoms with Gasteiger partial charge in [-0.1, -0.05) is 5.10 Å². The maximum absolute atomic E-state index is 13.7. The normalized spacial score (nSPS) is 10.8. The number of nitrogens with one attached hydrogen (secondary N) is 1. The van der Waals surface area contributed by atoms with Crippen LogP contribution >= 0.6 is 0 Å². The summed E-state index contributed by atoms with van der Waals surface area (Å²) in [6.07, 6.45) is 0. The minimum Gasteiger partial charge on any atom is -0.403 e. The van der Waals surface area contributed by atoms with Gasteiger partial charge in [-0.15, -0.1) is 5.10 Å². The molecule has 1 amide bonds. The van der Waals surface area contributed by atoms with E-state index in [1.165, 1.54) is 10.7 Å². The Bertz CT molecular complexity index is 903. The fourth-order valence-corrected chi connectivity index (χ4v) is 2.18. The van der Waals surface area contributed by atoms with Gasteiger partial charge in [0.15, 0.2) is 0 Å². The summed E-state index contributed by atoms with van der Waals surface area (Å²) in [5.74, 6) is -2.20. The summed E-state index contributed by atoms with van der Waals surface area (Å²) in [7, 11) is 0. The molecule has 24 heavy (non-hydrogen) atoms. The van der Waals surface area contributed by atoms with Crippen LogP contribution in [0.1, 0.15) is 23.1 Å². The number of aromatic nitrogens is 4. The maximum Gasteiger partial charge on any atom is 0.322 e. The van der Waals surface area contributed by atoms with Gasteiger partial charge >= 0.3 is 6.01 Å². The number of nitrogens with zero attached hydrogens (tertiary/aromatic N) is 4. The number of carbonyl (C=O) groups is 1. The molecular weight excluding hydrogens is 320 g/mol. The SMILES string of the molecule is CCn1nc(C)cc1C(=O)Nc1nnc(-c2ccc(F)cc2F)o1. The van der Waals surface area contributed by atoms with Crippen molar-refractivity contribution in [2.24, 2.45) is 0 Å². The van der Waals surface area contributed by atoms with E-state index in [2.05, 4.69) is 20.6 Å². The van der Waals surface area contributed by atoms with Crippen molar-refractivity contribution >= 4 is 11.9 Å². The summed E-state index contributed by atoms with van der Waals surface area (Å²) in [5.41, 5.74) is 0.975. The van der Waals surface area contributed by atoms with E-state index in [4.69, 9.17) is 4.42 Å². The van der Waals surface area contributed by atoms with Crippen LogP contribution in [0.4, 0.5) is 14.8 Å². The van der Waals surface area contributed by atoms with Crippen molar-refractivity contribution in [3.63, 3.8) is 0 Å². The highest BCUT2D eigenvalue weighted by molar-refractivity contribution is 6.01. The van der Waals surface area contributed by atoms with Gasteiger partial charge in [0.05, 0.1) is 11.3 Å². The Labute approximate surface area is 135 Å². The van der Waals surface area contributed by atoms with Gasteiger partial charge in [-0.2, -0.15) is 5.10 Å². The van der Waals surface area contributed by atoms with Crippen LogP contribution < -0.4 is 5.32 Å². The molecule has 9 heteroatoms. The van der Waals surface area contributed by atoms with Crippen molar-refractivity contribution in [1.29, 1.82) is 0 Å². The summed E-state index contributed by atoms with van der Waals surface area (Å²) in [6.45, 7) is 4.14. The van der Waals surface area contributed by atoms with Crippen molar-refractivity contribution in [3.05, 3.63) is 47.3 Å². The standard InChI is InChI=1S/C15H13F2N5O2/c1-3-22-12(6-8(2)21-22)13(23)18-15-20-19-14(24-15)10-5-4-9(16)7-11(10)17/h4-7H,3H2,1-2H3,(H,18,20,23). The average molecular weight is 333 g/mol. The molecule has 0 saturated heterocycles. The topological polar surface area (TPSA) is 85.8 Å². The molecule has 2 heterocycles. The van der Waals surface area contributed by atoms with Gasteiger partial charge in [0.1, 0.15) is 17.3 Å². The van der Waals surface area contributed by atoms with E-state index in [1.54, 1.807) is 13.0 Å². The van der Waals surface area contributed by atoms with E-state index in [0.29, 0.717) is 24.0 Å². The second kappa shape index (κ2) is 6.19. The highest BCUT2D eigenvalue weighted by Gasteiger charge is 2.18. The molecule has 124 valence electrons. The van der Waals surface area contributed by atoms with Crippen molar-refractivity contribution in [3.8, 4) is 11.5 Å². The second-order valence-corrected chi connectivity index (χ2v) is 4.98. The predicted molar refractivity (Wildman–Crippen MR) is 80.2 cm³/mol. The van der Waals surface area contributed by atoms with Crippen LogP contribution in [0.5, 0.6) is 0 Å². The number of hydrogen-bond donors (Lipinski definition) is 1. The monoisotopic (exact) mass is 333 g/mol. The van der Waals surface area contributed by atoms with E-state index >= 15 is 0 Å². The van der Waals surface area contributed by atoms with Gasteiger partial charge in [0.25, 0.3) is 11.8 Å². The fourth-order valence-electron chi connectivity index (χ4n) is 2.18. The Kier molecular flexibility index (Phi) is 4.07. The first-order valence-corrected chi connectivity index (χ1v) is 7.12. The molecule has 7 nitrogen and oxygen atoms in total. The van der Waals surface area contributed by atoms with Crippen molar-refractivity contribution in [2.45, 2.75) is 20.4 Å². The van der Waals surface area contributed by atoms with Crippen molar-refractivity contribution < 1.29 is 18.0 Å². The second-order valence-electron chi connectivity index (χ2n) is 4.98. The Morgan fingerprint density at radius 3 is 2.79 bits per heavy atom. The molecule has 0 unspecified atom stereocenters. The number of amides is 1. The van der Waals surface area contributed by atoms with Gasteiger partial charge in [0, 0.05) is 12.6 Å². The summed E-state index contributed by atoms with van der Waals surface area (Å²) < 4.78 is 33.4. The first-order chi connectivity index (χ1) is 11.5. The smallest absolute Gasteiger partial charge is 0.322 e. The zero-order valence-corrected chi connectivity index (χ0v) is 12.9. The predicted octanol–water partition coefficient (Wildman–Crippen LogP) is 2.79. The summed E-state index contributed by atoms with van der Waals surface area (Å²) >= 11 is 0. The zero-order chi connectivity index (χ0) is 17.3. The number of halogens is 2. The van der Waals surface area contributed by atoms with Crippen LogP contribution in [0, 0.1) is 18.6 Å². The molecule has 0 fully saturated rings. The van der Waals surface area contributed by atoms with Crippen molar-refractivity contribution in [2.75, 3.05) is 5.32 Å². The third-order valence-corrected chi connectivity index (χ3v) is 3.24. The van der Waals surface area contributed by atoms with Crippen LogP contribution in [-0.2, 0) is 6.54 Å². The Balaban J connectivity index is 1.82. The van der Waals surface area contributed by atoms with Crippen molar-refractivity contribution in [1.82, 2.24) is 20.0 Å². The van der Waals surface area contributed by atoms with Gasteiger partial charge in [-0.25, -0.2) is 8.78 Å². The quantitative estimate of drug-likeness (QED) is 0.793. The average Bonchev–Trinajstić information content (AvgIpc) is 3.13. The molecular formula is C15H13F2N5O2. The molecule has 0 aliphatic rings. The lowest BCUT2D eigenvalue weighted by molar-refractivity contribution is 0.101. The first kappa shape index (κ1) is 15.8. The van der Waals surface area contributed by atoms with Crippen LogP contribution in [0.3, 0.4) is 0 Å². The number of carbonyl (C=O) groups excluding carboxylic acids is 1. The molecule has 0 aliphatic carbocycles. The van der Waals surface area contributed by atoms with Crippen LogP contribution in [-0.4, -0.2) is 25.9 Å². The number of anilines is 1. The van der Waals surface area contributed by atoms with Gasteiger partial charge in [0.2, 0.25) is 0 Å². The Hall–Kier alpha value is -3.10. The highest BCUT2D eigenvalue weighted by atomic mass is 19.1. The maximum atomic E-state index is 13.7. The zero-order valence-electron chi connectivity index (χ0n) is 12.9. The lowest BCUT2D eigenvalue weighted by Gasteiger charge is -2.02. The Morgan fingerprint density at radius 1 is 1.29 bits per heavy atom. The largest absolute Gasteiger partial charge is 0.403 e. The van der Waals surface area contributed by atoms with E-state index in [1.807, 2.05) is 6.92 Å². The molecule has 0 spiro atoms. The molecule has 1 aromatic carbocycles. The molecule has 0 saturated carbocycles. The van der Waals surface area contributed by atoms with Gasteiger partial charge in [-0.3, -0.25) is 14.8 Å². The third kappa shape index (κ3) is 3.00. The van der Waals surface area contributed by atoms with E-state index in [0.717, 1.165) is 6.07 Å². The lowest BCUT2D eigenvalue weighted by Crippen LogP contribution is -2.17. The fraction of sp³-hybridized carbons (Fsp3) is 0.200. The number of hydrogen-bond acceptors (Lipinski definition) is 5. The van der Waals surface area contributed by atoms with Gasteiger partial charge < -0.3 is 4.42 Å². The van der Waals surface area contributed by atoms with E-state index < -0.39 is 17.5 Å². The number of aryl methyl sites for hydroxylation is 2.